The molecule has 2 aliphatic rings. The highest BCUT2D eigenvalue weighted by Gasteiger charge is 2.25. The zero-order valence-corrected chi connectivity index (χ0v) is 17.0. The lowest BCUT2D eigenvalue weighted by molar-refractivity contribution is 0.148. The lowest BCUT2D eigenvalue weighted by atomic mass is 10.1. The molecule has 2 aromatic rings. The monoisotopic (exact) mass is 396 g/mol. The van der Waals surface area contributed by atoms with Crippen LogP contribution in [0.1, 0.15) is 24.1 Å². The van der Waals surface area contributed by atoms with E-state index in [1.165, 1.54) is 16.0 Å². The van der Waals surface area contributed by atoms with E-state index in [0.717, 1.165) is 32.7 Å². The van der Waals surface area contributed by atoms with Crippen molar-refractivity contribution in [3.8, 4) is 0 Å². The molecule has 1 N–H and O–H groups in total. The number of cyclic esters (lactones) is 1. The summed E-state index contributed by atoms with van der Waals surface area (Å²) in [4.78, 5) is 26.9. The zero-order chi connectivity index (χ0) is 20.2. The van der Waals surface area contributed by atoms with Crippen molar-refractivity contribution in [1.82, 2.24) is 19.8 Å². The van der Waals surface area contributed by atoms with E-state index in [1.54, 1.807) is 12.3 Å². The number of hydrogen-bond acceptors (Lipinski definition) is 7. The van der Waals surface area contributed by atoms with Gasteiger partial charge in [0.15, 0.2) is 0 Å². The molecule has 0 bridgehead atoms. The van der Waals surface area contributed by atoms with E-state index in [9.17, 15) is 4.79 Å². The molecule has 3 heterocycles. The SMILES string of the molecule is C[C@H](Nc1nccc(N2CCOC2=O)n1)c1ccc(CN2CCN(C)CC2)cc1. The minimum atomic E-state index is -0.362. The van der Waals surface area contributed by atoms with Gasteiger partial charge in [-0.3, -0.25) is 9.80 Å². The molecule has 1 aromatic carbocycles. The minimum absolute atomic E-state index is 0.0495. The fourth-order valence-corrected chi connectivity index (χ4v) is 3.62. The van der Waals surface area contributed by atoms with Crippen LogP contribution in [0.4, 0.5) is 16.6 Å². The van der Waals surface area contributed by atoms with E-state index in [0.29, 0.717) is 24.9 Å². The number of aromatic nitrogens is 2. The van der Waals surface area contributed by atoms with Crippen LogP contribution in [0.15, 0.2) is 36.5 Å². The second-order valence-corrected chi connectivity index (χ2v) is 7.69. The molecule has 154 valence electrons. The molecule has 0 aliphatic carbocycles. The lowest BCUT2D eigenvalue weighted by Gasteiger charge is -2.32. The molecule has 0 radical (unpaired) electrons. The van der Waals surface area contributed by atoms with Gasteiger partial charge in [-0.2, -0.15) is 4.98 Å². The van der Waals surface area contributed by atoms with Gasteiger partial charge in [-0.1, -0.05) is 24.3 Å². The highest BCUT2D eigenvalue weighted by Crippen LogP contribution is 2.21. The van der Waals surface area contributed by atoms with Gasteiger partial charge >= 0.3 is 6.09 Å². The summed E-state index contributed by atoms with van der Waals surface area (Å²) in [5.41, 5.74) is 2.50. The molecule has 0 unspecified atom stereocenters. The Bertz CT molecular complexity index is 835. The summed E-state index contributed by atoms with van der Waals surface area (Å²) < 4.78 is 4.98. The maximum atomic E-state index is 11.7. The first-order chi connectivity index (χ1) is 14.1. The van der Waals surface area contributed by atoms with Gasteiger partial charge in [-0.05, 0) is 31.2 Å². The van der Waals surface area contributed by atoms with Crippen LogP contribution in [0.2, 0.25) is 0 Å². The van der Waals surface area contributed by atoms with Crippen LogP contribution in [0.3, 0.4) is 0 Å². The molecule has 0 spiro atoms. The molecular weight excluding hydrogens is 368 g/mol. The first-order valence-corrected chi connectivity index (χ1v) is 10.1. The topological polar surface area (TPSA) is 73.8 Å². The van der Waals surface area contributed by atoms with Gasteiger partial charge in [0.25, 0.3) is 0 Å². The van der Waals surface area contributed by atoms with E-state index in [1.807, 2.05) is 0 Å². The minimum Gasteiger partial charge on any atom is -0.447 e. The first kappa shape index (κ1) is 19.6. The maximum absolute atomic E-state index is 11.7. The number of carbonyl (C=O) groups is 1. The molecule has 1 atom stereocenters. The van der Waals surface area contributed by atoms with Gasteiger partial charge in [0.1, 0.15) is 12.4 Å². The molecule has 4 rings (SSSR count). The Balaban J connectivity index is 1.36. The standard InChI is InChI=1S/C21H28N6O2/c1-16(23-20-22-8-7-19(24-20)27-13-14-29-21(27)28)18-5-3-17(4-6-18)15-26-11-9-25(2)10-12-26/h3-8,16H,9-15H2,1-2H3,(H,22,23,24)/t16-/m0/s1. The van der Waals surface area contributed by atoms with E-state index in [-0.39, 0.29) is 12.1 Å². The fraction of sp³-hybridized carbons (Fsp3) is 0.476. The zero-order valence-electron chi connectivity index (χ0n) is 17.0. The average Bonchev–Trinajstić information content (AvgIpc) is 3.16. The molecule has 8 nitrogen and oxygen atoms in total. The number of nitrogens with zero attached hydrogens (tertiary/aromatic N) is 5. The second kappa shape index (κ2) is 8.75. The Morgan fingerprint density at radius 1 is 1.10 bits per heavy atom. The van der Waals surface area contributed by atoms with E-state index in [2.05, 4.69) is 63.3 Å². The quantitative estimate of drug-likeness (QED) is 0.803. The van der Waals surface area contributed by atoms with Gasteiger partial charge in [-0.25, -0.2) is 9.78 Å². The maximum Gasteiger partial charge on any atom is 0.415 e. The van der Waals surface area contributed by atoms with Crippen LogP contribution >= 0.6 is 0 Å². The smallest absolute Gasteiger partial charge is 0.415 e. The van der Waals surface area contributed by atoms with Crippen LogP contribution < -0.4 is 10.2 Å². The number of benzene rings is 1. The number of likely N-dealkylation sites (N-methyl/N-ethyl adjacent to an activating group) is 1. The Morgan fingerprint density at radius 2 is 1.86 bits per heavy atom. The van der Waals surface area contributed by atoms with Gasteiger partial charge < -0.3 is 15.0 Å². The molecule has 2 fully saturated rings. The summed E-state index contributed by atoms with van der Waals surface area (Å²) in [6, 6.07) is 10.5. The van der Waals surface area contributed by atoms with Gasteiger partial charge in [-0.15, -0.1) is 0 Å². The van der Waals surface area contributed by atoms with E-state index < -0.39 is 0 Å². The Morgan fingerprint density at radius 3 is 2.55 bits per heavy atom. The number of hydrogen-bond donors (Lipinski definition) is 1. The summed E-state index contributed by atoms with van der Waals surface area (Å²) in [7, 11) is 2.18. The van der Waals surface area contributed by atoms with Gasteiger partial charge in [0, 0.05) is 38.9 Å². The summed E-state index contributed by atoms with van der Waals surface area (Å²) in [5.74, 6) is 1.05. The number of ether oxygens (including phenoxy) is 1. The number of amides is 1. The van der Waals surface area contributed by atoms with Crippen LogP contribution in [0.5, 0.6) is 0 Å². The number of nitrogens with one attached hydrogen (secondary N) is 1. The van der Waals surface area contributed by atoms with Crippen molar-refractivity contribution in [3.05, 3.63) is 47.7 Å². The van der Waals surface area contributed by atoms with Crippen molar-refractivity contribution >= 4 is 17.9 Å². The van der Waals surface area contributed by atoms with Crippen LogP contribution in [0, 0.1) is 0 Å². The lowest BCUT2D eigenvalue weighted by Crippen LogP contribution is -2.43. The summed E-state index contributed by atoms with van der Waals surface area (Å²) >= 11 is 0. The molecule has 1 amide bonds. The van der Waals surface area contributed by atoms with Crippen molar-refractivity contribution < 1.29 is 9.53 Å². The van der Waals surface area contributed by atoms with Crippen LogP contribution in [-0.4, -0.2) is 72.2 Å². The van der Waals surface area contributed by atoms with Gasteiger partial charge in [0.2, 0.25) is 5.95 Å². The van der Waals surface area contributed by atoms with Crippen molar-refractivity contribution in [2.45, 2.75) is 19.5 Å². The third-order valence-corrected chi connectivity index (χ3v) is 5.51. The largest absolute Gasteiger partial charge is 0.447 e. The highest BCUT2D eigenvalue weighted by atomic mass is 16.6. The highest BCUT2D eigenvalue weighted by molar-refractivity contribution is 5.88. The molecule has 2 aliphatic heterocycles. The van der Waals surface area contributed by atoms with E-state index in [4.69, 9.17) is 4.74 Å². The Kier molecular flexibility index (Phi) is 5.92. The fourth-order valence-electron chi connectivity index (χ4n) is 3.62. The summed E-state index contributed by atoms with van der Waals surface area (Å²) in [6.07, 6.45) is 1.29. The Labute approximate surface area is 171 Å². The average molecular weight is 396 g/mol. The van der Waals surface area contributed by atoms with Crippen LogP contribution in [-0.2, 0) is 11.3 Å². The first-order valence-electron chi connectivity index (χ1n) is 10.1. The molecule has 2 saturated heterocycles. The molecule has 1 aromatic heterocycles. The van der Waals surface area contributed by atoms with Crippen LogP contribution in [0.25, 0.3) is 0 Å². The summed E-state index contributed by atoms with van der Waals surface area (Å²) in [6.45, 7) is 8.48. The number of rotatable bonds is 6. The number of anilines is 2. The third kappa shape index (κ3) is 4.83. The van der Waals surface area contributed by atoms with Crippen molar-refractivity contribution in [2.75, 3.05) is 56.6 Å². The predicted molar refractivity (Wildman–Crippen MR) is 112 cm³/mol. The van der Waals surface area contributed by atoms with Gasteiger partial charge in [0.05, 0.1) is 12.6 Å². The second-order valence-electron chi connectivity index (χ2n) is 7.69. The van der Waals surface area contributed by atoms with E-state index >= 15 is 0 Å². The normalized spacial score (nSPS) is 19.2. The molecule has 29 heavy (non-hydrogen) atoms. The molecular formula is C21H28N6O2. The van der Waals surface area contributed by atoms with Crippen molar-refractivity contribution in [3.63, 3.8) is 0 Å². The number of piperazine rings is 1. The summed E-state index contributed by atoms with van der Waals surface area (Å²) in [5, 5.41) is 3.33. The number of carbonyl (C=O) groups excluding carboxylic acids is 1. The van der Waals surface area contributed by atoms with Crippen molar-refractivity contribution in [1.29, 1.82) is 0 Å². The Hall–Kier alpha value is -2.71. The van der Waals surface area contributed by atoms with Crippen molar-refractivity contribution in [2.24, 2.45) is 0 Å². The third-order valence-electron chi connectivity index (χ3n) is 5.51. The molecule has 0 saturated carbocycles. The predicted octanol–water partition coefficient (Wildman–Crippen LogP) is 2.35. The molecule has 8 heteroatoms.